The van der Waals surface area contributed by atoms with Crippen LogP contribution in [0.2, 0.25) is 0 Å². The number of fused-ring (bicyclic) bond motifs is 6. The summed E-state index contributed by atoms with van der Waals surface area (Å²) in [5.74, 6) is 1.92. The monoisotopic (exact) mass is 652 g/mol. The van der Waals surface area contributed by atoms with Gasteiger partial charge in [0, 0.05) is 29.6 Å². The second-order valence-corrected chi connectivity index (χ2v) is 14.9. The van der Waals surface area contributed by atoms with Gasteiger partial charge in [-0.1, -0.05) is 74.7 Å². The van der Waals surface area contributed by atoms with Gasteiger partial charge in [-0.15, -0.1) is 0 Å². The first-order chi connectivity index (χ1) is 23.2. The van der Waals surface area contributed by atoms with Crippen LogP contribution in [0, 0.1) is 28.6 Å². The fraction of sp³-hybridized carbons (Fsp3) is 0.525. The van der Waals surface area contributed by atoms with Crippen molar-refractivity contribution in [1.29, 1.82) is 0 Å². The van der Waals surface area contributed by atoms with E-state index in [4.69, 9.17) is 5.21 Å². The molecule has 4 aliphatic rings. The fourth-order valence-electron chi connectivity index (χ4n) is 9.44. The molecular formula is C40H52N4O4. The molecule has 0 radical (unpaired) electrons. The Labute approximate surface area is 284 Å². The maximum atomic E-state index is 11.6. The maximum Gasteiger partial charge on any atom is 0.243 e. The number of nitrogens with one attached hydrogen (secondary N) is 2. The molecule has 256 valence electrons. The average Bonchev–Trinajstić information content (AvgIpc) is 3.67. The number of aromatic nitrogens is 2. The second-order valence-electron chi connectivity index (χ2n) is 14.9. The van der Waals surface area contributed by atoms with Crippen molar-refractivity contribution in [2.24, 2.45) is 28.6 Å². The molecule has 4 aliphatic carbocycles. The van der Waals surface area contributed by atoms with Crippen LogP contribution >= 0.6 is 0 Å². The molecule has 2 saturated carbocycles. The molecule has 48 heavy (non-hydrogen) atoms. The summed E-state index contributed by atoms with van der Waals surface area (Å²) in [6, 6.07) is 17.9. The highest BCUT2D eigenvalue weighted by atomic mass is 16.5. The molecule has 0 unspecified atom stereocenters. The zero-order valence-corrected chi connectivity index (χ0v) is 28.5. The van der Waals surface area contributed by atoms with Crippen molar-refractivity contribution in [2.75, 3.05) is 5.32 Å². The second kappa shape index (κ2) is 14.8. The van der Waals surface area contributed by atoms with Crippen LogP contribution in [-0.4, -0.2) is 37.8 Å². The topological polar surface area (TPSA) is 116 Å². The zero-order chi connectivity index (χ0) is 33.7. The van der Waals surface area contributed by atoms with Crippen LogP contribution in [0.3, 0.4) is 0 Å². The number of aliphatic hydroxyl groups excluding tert-OH is 1. The number of carbonyl (C=O) groups is 2. The normalized spacial score (nSPS) is 28.9. The third-order valence-electron chi connectivity index (χ3n) is 12.1. The van der Waals surface area contributed by atoms with Gasteiger partial charge in [0.05, 0.1) is 17.1 Å². The Morgan fingerprint density at radius 2 is 1.56 bits per heavy atom. The van der Waals surface area contributed by atoms with Gasteiger partial charge in [0.25, 0.3) is 0 Å². The van der Waals surface area contributed by atoms with E-state index in [1.54, 1.807) is 11.1 Å². The smallest absolute Gasteiger partial charge is 0.243 e. The number of imidazole rings is 1. The van der Waals surface area contributed by atoms with Crippen molar-refractivity contribution in [3.8, 4) is 0 Å². The molecule has 0 saturated heterocycles. The highest BCUT2D eigenvalue weighted by Gasteiger charge is 2.57. The van der Waals surface area contributed by atoms with Crippen molar-refractivity contribution >= 4 is 34.2 Å². The van der Waals surface area contributed by atoms with E-state index < -0.39 is 0 Å². The van der Waals surface area contributed by atoms with E-state index in [-0.39, 0.29) is 23.3 Å². The molecule has 4 N–H and O–H groups in total. The van der Waals surface area contributed by atoms with Gasteiger partial charge < -0.3 is 15.0 Å². The zero-order valence-electron chi connectivity index (χ0n) is 28.5. The Morgan fingerprint density at radius 3 is 2.33 bits per heavy atom. The van der Waals surface area contributed by atoms with Crippen molar-refractivity contribution in [2.45, 2.75) is 103 Å². The van der Waals surface area contributed by atoms with E-state index in [1.807, 2.05) is 36.7 Å². The number of anilines is 1. The lowest BCUT2D eigenvalue weighted by Crippen LogP contribution is -2.50. The van der Waals surface area contributed by atoms with Gasteiger partial charge in [-0.3, -0.25) is 14.8 Å². The summed E-state index contributed by atoms with van der Waals surface area (Å²) in [7, 11) is 0. The van der Waals surface area contributed by atoms with Crippen LogP contribution in [-0.2, 0) is 9.59 Å². The Bertz CT molecular complexity index is 1650. The van der Waals surface area contributed by atoms with E-state index in [1.165, 1.54) is 36.9 Å². The third kappa shape index (κ3) is 7.01. The number of hydrogen-bond donors (Lipinski definition) is 4. The molecule has 3 aromatic rings. The molecule has 8 nitrogen and oxygen atoms in total. The van der Waals surface area contributed by atoms with Crippen LogP contribution in [0.15, 0.2) is 78.6 Å². The number of aliphatic hydroxyl groups is 1. The van der Waals surface area contributed by atoms with Crippen LogP contribution in [0.4, 0.5) is 5.69 Å². The largest absolute Gasteiger partial charge is 0.393 e. The van der Waals surface area contributed by atoms with Crippen molar-refractivity contribution in [3.63, 3.8) is 0 Å². The predicted molar refractivity (Wildman–Crippen MR) is 190 cm³/mol. The molecule has 7 rings (SSSR count). The number of amides is 2. The summed E-state index contributed by atoms with van der Waals surface area (Å²) < 4.78 is 2.37. The van der Waals surface area contributed by atoms with Gasteiger partial charge in [-0.2, -0.15) is 0 Å². The number of hydrogen-bond acceptors (Lipinski definition) is 5. The summed E-state index contributed by atoms with van der Waals surface area (Å²) >= 11 is 0. The molecule has 0 bridgehead atoms. The predicted octanol–water partition coefficient (Wildman–Crippen LogP) is 8.28. The maximum absolute atomic E-state index is 11.6. The Balaban J connectivity index is 0.000000185. The van der Waals surface area contributed by atoms with E-state index in [9.17, 15) is 14.7 Å². The molecule has 8 heteroatoms. The Kier molecular flexibility index (Phi) is 10.5. The quantitative estimate of drug-likeness (QED) is 0.0804. The van der Waals surface area contributed by atoms with Gasteiger partial charge in [-0.25, -0.2) is 10.5 Å². The van der Waals surface area contributed by atoms with Gasteiger partial charge in [0.1, 0.15) is 6.33 Å². The molecule has 2 aromatic carbocycles. The summed E-state index contributed by atoms with van der Waals surface area (Å²) in [6.07, 6.45) is 19.1. The molecule has 2 amide bonds. The Morgan fingerprint density at radius 1 is 0.854 bits per heavy atom. The van der Waals surface area contributed by atoms with Crippen molar-refractivity contribution < 1.29 is 19.9 Å². The summed E-state index contributed by atoms with van der Waals surface area (Å²) in [4.78, 5) is 27.0. The first-order valence-corrected chi connectivity index (χ1v) is 18.0. The number of rotatable bonds is 9. The number of benzene rings is 2. The summed E-state index contributed by atoms with van der Waals surface area (Å²) in [6.45, 7) is 5.03. The third-order valence-corrected chi connectivity index (χ3v) is 12.1. The standard InChI is InChI=1S/C26H32N2O.C14H20N2O3/c1-25-13-11-18(29)15-17(25)7-8-19-20-9-10-24(26(20,2)14-12-21(19)25)28-16-27-22-5-3-4-6-23(22)28;17-13(15-12-8-4-3-5-9-12)10-6-1-2-7-11-14(18)16-19/h3-7,10,16,18-21,29H,8-9,11-15H2,1-2H3;3-5,8-9,19H,1-2,6-7,10-11H2,(H,15,17)(H,16,18)/t18-,19-,20-,21-,25-,26-;/m0./s1. The first-order valence-electron chi connectivity index (χ1n) is 18.0. The van der Waals surface area contributed by atoms with Gasteiger partial charge in [0.2, 0.25) is 11.8 Å². The highest BCUT2D eigenvalue weighted by Crippen LogP contribution is 2.65. The SMILES string of the molecule is C[C@]12CC[C@H](O)CC1=CC[C@@H]1[C@@H]2CC[C@]2(C)C(n3cnc4ccccc43)=CC[C@@H]12.O=C(CCCCCCC(=O)Nc1ccccc1)NO. The molecule has 6 atom stereocenters. The number of hydroxylamine groups is 1. The number of unbranched alkanes of at least 4 members (excludes halogenated alkanes) is 3. The van der Waals surface area contributed by atoms with Crippen LogP contribution in [0.5, 0.6) is 0 Å². The minimum Gasteiger partial charge on any atom is -0.393 e. The van der Waals surface area contributed by atoms with E-state index in [0.29, 0.717) is 18.3 Å². The van der Waals surface area contributed by atoms with Crippen LogP contribution < -0.4 is 10.8 Å². The molecule has 1 heterocycles. The van der Waals surface area contributed by atoms with Crippen molar-refractivity contribution in [1.82, 2.24) is 15.0 Å². The highest BCUT2D eigenvalue weighted by molar-refractivity contribution is 5.90. The lowest BCUT2D eigenvalue weighted by molar-refractivity contribution is -0.129. The first kappa shape index (κ1) is 34.1. The van der Waals surface area contributed by atoms with Gasteiger partial charge in [0.15, 0.2) is 0 Å². The van der Waals surface area contributed by atoms with E-state index in [2.05, 4.69) is 65.1 Å². The van der Waals surface area contributed by atoms with Gasteiger partial charge >= 0.3 is 0 Å². The number of para-hydroxylation sites is 3. The van der Waals surface area contributed by atoms with E-state index in [0.717, 1.165) is 73.9 Å². The molecule has 0 spiro atoms. The van der Waals surface area contributed by atoms with Crippen molar-refractivity contribution in [3.05, 3.63) is 78.6 Å². The Hall–Kier alpha value is -3.75. The molecule has 1 aromatic heterocycles. The molecule has 0 aliphatic heterocycles. The number of nitrogens with zero attached hydrogens (tertiary/aromatic N) is 2. The molecular weight excluding hydrogens is 600 g/mol. The van der Waals surface area contributed by atoms with Crippen LogP contribution in [0.1, 0.15) is 97.3 Å². The lowest BCUT2D eigenvalue weighted by atomic mass is 9.48. The molecule has 2 fully saturated rings. The number of carbonyl (C=O) groups excluding carboxylic acids is 2. The minimum atomic E-state index is -0.359. The summed E-state index contributed by atoms with van der Waals surface area (Å²) in [5.41, 5.74) is 8.33. The fourth-order valence-corrected chi connectivity index (χ4v) is 9.44. The van der Waals surface area contributed by atoms with E-state index >= 15 is 0 Å². The number of allylic oxidation sites excluding steroid dienone is 3. The lowest BCUT2D eigenvalue weighted by Gasteiger charge is -2.57. The minimum absolute atomic E-state index is 0.0132. The average molecular weight is 653 g/mol. The summed E-state index contributed by atoms with van der Waals surface area (Å²) in [5, 5.41) is 21.3. The van der Waals surface area contributed by atoms with Crippen LogP contribution in [0.25, 0.3) is 16.7 Å². The van der Waals surface area contributed by atoms with Gasteiger partial charge in [-0.05, 0) is 105 Å².